The maximum Gasteiger partial charge on any atom is 0.338 e. The average molecular weight is 515 g/mol. The highest BCUT2D eigenvalue weighted by Gasteiger charge is 2.38. The molecule has 32 heavy (non-hydrogen) atoms. The summed E-state index contributed by atoms with van der Waals surface area (Å²) < 4.78 is 0. The first-order chi connectivity index (χ1) is 14.9. The summed E-state index contributed by atoms with van der Waals surface area (Å²) in [5.74, 6) is -2.47. The van der Waals surface area contributed by atoms with Crippen LogP contribution in [0.2, 0.25) is 20.1 Å². The predicted octanol–water partition coefficient (Wildman–Crippen LogP) is 6.88. The first kappa shape index (κ1) is 23.2. The van der Waals surface area contributed by atoms with Crippen LogP contribution in [0, 0.1) is 0 Å². The van der Waals surface area contributed by atoms with Crippen molar-refractivity contribution in [1.29, 1.82) is 0 Å². The topological polar surface area (TPSA) is 77.8 Å². The number of carboxylic acids is 1. The average Bonchev–Trinajstić information content (AvgIpc) is 2.72. The molecule has 0 aromatic heterocycles. The highest BCUT2D eigenvalue weighted by molar-refractivity contribution is 6.54. The highest BCUT2D eigenvalue weighted by Crippen LogP contribution is 2.49. The van der Waals surface area contributed by atoms with Crippen molar-refractivity contribution in [3.63, 3.8) is 0 Å². The van der Waals surface area contributed by atoms with E-state index in [1.807, 2.05) is 6.92 Å². The number of anilines is 1. The zero-order valence-electron chi connectivity index (χ0n) is 17.4. The van der Waals surface area contributed by atoms with Gasteiger partial charge in [-0.1, -0.05) is 52.5 Å². The Morgan fingerprint density at radius 2 is 1.62 bits per heavy atom. The van der Waals surface area contributed by atoms with Gasteiger partial charge >= 0.3 is 5.97 Å². The van der Waals surface area contributed by atoms with E-state index in [4.69, 9.17) is 46.4 Å². The molecule has 2 aromatic rings. The van der Waals surface area contributed by atoms with E-state index < -0.39 is 22.9 Å². The molecule has 2 aliphatic heterocycles. The number of ketones is 1. The fourth-order valence-corrected chi connectivity index (χ4v) is 5.72. The number of nitrogens with zero attached hydrogens (tertiary/aromatic N) is 1. The lowest BCUT2D eigenvalue weighted by Gasteiger charge is -2.47. The van der Waals surface area contributed by atoms with E-state index in [0.29, 0.717) is 12.0 Å². The number of carbonyl (C=O) groups excluding carboxylic acids is 1. The molecule has 0 amide bonds. The second kappa shape index (κ2) is 7.84. The normalized spacial score (nSPS) is 16.5. The maximum absolute atomic E-state index is 13.6. The number of allylic oxidation sites excluding steroid dienone is 1. The van der Waals surface area contributed by atoms with Gasteiger partial charge in [-0.05, 0) is 45.3 Å². The van der Waals surface area contributed by atoms with Crippen LogP contribution in [0.3, 0.4) is 0 Å². The third kappa shape index (κ3) is 3.29. The minimum Gasteiger partial charge on any atom is -0.507 e. The van der Waals surface area contributed by atoms with Gasteiger partial charge in [0.2, 0.25) is 0 Å². The van der Waals surface area contributed by atoms with Crippen molar-refractivity contribution >= 4 is 69.4 Å². The molecule has 2 N–H and O–H groups in total. The minimum absolute atomic E-state index is 0.0630. The number of carbonyl (C=O) groups is 2. The van der Waals surface area contributed by atoms with Crippen LogP contribution in [0.1, 0.15) is 64.6 Å². The SMILES string of the molecule is CC1=CC(C)(C)N2CCCc3c(O)c(C(=O)c4c(Cl)c(Cl)c(Cl)c(Cl)c4C(=O)O)cc1c32. The van der Waals surface area contributed by atoms with Gasteiger partial charge < -0.3 is 15.1 Å². The van der Waals surface area contributed by atoms with Gasteiger partial charge in [0.25, 0.3) is 0 Å². The van der Waals surface area contributed by atoms with Crippen molar-refractivity contribution in [3.05, 3.63) is 60.1 Å². The number of rotatable bonds is 3. The summed E-state index contributed by atoms with van der Waals surface area (Å²) in [6, 6.07) is 1.58. The van der Waals surface area contributed by atoms with Crippen LogP contribution in [0.5, 0.6) is 5.75 Å². The smallest absolute Gasteiger partial charge is 0.338 e. The molecule has 2 aliphatic rings. The molecule has 0 saturated carbocycles. The van der Waals surface area contributed by atoms with Gasteiger partial charge in [-0.25, -0.2) is 4.79 Å². The summed E-state index contributed by atoms with van der Waals surface area (Å²) in [5.41, 5.74) is 2.02. The monoisotopic (exact) mass is 513 g/mol. The molecule has 2 aromatic carbocycles. The number of aromatic hydroxyl groups is 1. The van der Waals surface area contributed by atoms with Gasteiger partial charge in [0, 0.05) is 17.7 Å². The predicted molar refractivity (Wildman–Crippen MR) is 128 cm³/mol. The van der Waals surface area contributed by atoms with Crippen molar-refractivity contribution < 1.29 is 19.8 Å². The summed E-state index contributed by atoms with van der Waals surface area (Å²) in [6.45, 7) is 6.96. The fraction of sp³-hybridized carbons (Fsp3) is 0.304. The van der Waals surface area contributed by atoms with Gasteiger partial charge in [0.15, 0.2) is 5.78 Å². The maximum atomic E-state index is 13.6. The molecule has 5 nitrogen and oxygen atoms in total. The zero-order valence-corrected chi connectivity index (χ0v) is 20.5. The number of halogens is 4. The second-order valence-corrected chi connectivity index (χ2v) is 10.0. The number of benzene rings is 2. The first-order valence-corrected chi connectivity index (χ1v) is 11.4. The molecular formula is C23H19Cl4NO4. The van der Waals surface area contributed by atoms with Gasteiger partial charge in [-0.15, -0.1) is 0 Å². The van der Waals surface area contributed by atoms with E-state index in [-0.39, 0.29) is 36.9 Å². The molecule has 168 valence electrons. The largest absolute Gasteiger partial charge is 0.507 e. The number of phenolic OH excluding ortho intramolecular Hbond substituents is 1. The molecule has 4 rings (SSSR count). The quantitative estimate of drug-likeness (QED) is 0.265. The van der Waals surface area contributed by atoms with Gasteiger partial charge in [0.1, 0.15) is 5.75 Å². The Bertz CT molecular complexity index is 1250. The fourth-order valence-electron chi connectivity index (χ4n) is 4.71. The summed E-state index contributed by atoms with van der Waals surface area (Å²) in [5, 5.41) is 19.7. The van der Waals surface area contributed by atoms with Gasteiger partial charge in [-0.2, -0.15) is 0 Å². The zero-order chi connectivity index (χ0) is 23.7. The van der Waals surface area contributed by atoms with E-state index in [2.05, 4.69) is 24.8 Å². The van der Waals surface area contributed by atoms with Crippen molar-refractivity contribution in [1.82, 2.24) is 0 Å². The van der Waals surface area contributed by atoms with Crippen LogP contribution in [0.4, 0.5) is 5.69 Å². The lowest BCUT2D eigenvalue weighted by molar-refractivity contribution is 0.0693. The van der Waals surface area contributed by atoms with Crippen molar-refractivity contribution in [2.24, 2.45) is 0 Å². The summed E-state index contributed by atoms with van der Waals surface area (Å²) >= 11 is 24.5. The summed E-state index contributed by atoms with van der Waals surface area (Å²) in [7, 11) is 0. The van der Waals surface area contributed by atoms with Crippen molar-refractivity contribution in [2.45, 2.75) is 39.2 Å². The van der Waals surface area contributed by atoms with Crippen LogP contribution < -0.4 is 4.90 Å². The molecule has 0 spiro atoms. The molecule has 9 heteroatoms. The van der Waals surface area contributed by atoms with E-state index >= 15 is 0 Å². The van der Waals surface area contributed by atoms with Crippen molar-refractivity contribution in [3.8, 4) is 5.75 Å². The number of hydrogen-bond acceptors (Lipinski definition) is 4. The second-order valence-electron chi connectivity index (χ2n) is 8.52. The Kier molecular flexibility index (Phi) is 5.70. The van der Waals surface area contributed by atoms with Gasteiger partial charge in [-0.3, -0.25) is 4.79 Å². The molecule has 0 bridgehead atoms. The Morgan fingerprint density at radius 3 is 2.22 bits per heavy atom. The van der Waals surface area contributed by atoms with E-state index in [1.165, 1.54) is 0 Å². The van der Waals surface area contributed by atoms with E-state index in [1.54, 1.807) is 6.07 Å². The molecule has 0 aliphatic carbocycles. The van der Waals surface area contributed by atoms with E-state index in [9.17, 15) is 19.8 Å². The molecule has 0 saturated heterocycles. The van der Waals surface area contributed by atoms with Crippen LogP contribution in [-0.4, -0.2) is 34.0 Å². The standard InChI is InChI=1S/C23H19Cl4NO4/c1-9-8-23(2,3)28-6-4-5-10-19(28)11(9)7-12(20(10)29)21(30)13-14(22(31)32)16(25)18(27)17(26)15(13)24/h7-8,29H,4-6H2,1-3H3,(H,31,32). The van der Waals surface area contributed by atoms with E-state index in [0.717, 1.165) is 29.8 Å². The van der Waals surface area contributed by atoms with Crippen molar-refractivity contribution in [2.75, 3.05) is 11.4 Å². The molecule has 0 unspecified atom stereocenters. The highest BCUT2D eigenvalue weighted by atomic mass is 35.5. The van der Waals surface area contributed by atoms with Crippen LogP contribution >= 0.6 is 46.4 Å². The molecule has 0 atom stereocenters. The lowest BCUT2D eigenvalue weighted by atomic mass is 9.81. The third-order valence-corrected chi connectivity index (χ3v) is 7.89. The third-order valence-electron chi connectivity index (χ3n) is 6.09. The Labute approximate surface area is 205 Å². The van der Waals surface area contributed by atoms with Gasteiger partial charge in [0.05, 0.1) is 48.0 Å². The first-order valence-electron chi connectivity index (χ1n) is 9.88. The lowest BCUT2D eigenvalue weighted by Crippen LogP contribution is -2.47. The van der Waals surface area contributed by atoms with Crippen LogP contribution in [0.15, 0.2) is 12.1 Å². The molecule has 0 radical (unpaired) electrons. The summed E-state index contributed by atoms with van der Waals surface area (Å²) in [4.78, 5) is 27.8. The number of carboxylic acid groups (broad SMARTS) is 1. The Morgan fingerprint density at radius 1 is 1.03 bits per heavy atom. The number of phenols is 1. The Balaban J connectivity index is 2.02. The Hall–Kier alpha value is -1.92. The summed E-state index contributed by atoms with van der Waals surface area (Å²) in [6.07, 6.45) is 3.49. The minimum atomic E-state index is -1.48. The number of hydrogen-bond donors (Lipinski definition) is 2. The molecule has 2 heterocycles. The number of aromatic carboxylic acids is 1. The van der Waals surface area contributed by atoms with Crippen LogP contribution in [-0.2, 0) is 6.42 Å². The van der Waals surface area contributed by atoms with Crippen LogP contribution in [0.25, 0.3) is 5.57 Å². The molecular weight excluding hydrogens is 496 g/mol. The molecule has 0 fully saturated rings.